The molecule has 0 N–H and O–H groups in total. The van der Waals surface area contributed by atoms with Crippen LogP contribution in [0.3, 0.4) is 0 Å². The summed E-state index contributed by atoms with van der Waals surface area (Å²) in [5.41, 5.74) is -0.0774. The number of nitrogens with zero attached hydrogens (tertiary/aromatic N) is 1. The molecule has 0 spiro atoms. The molecule has 0 aliphatic carbocycles. The zero-order chi connectivity index (χ0) is 10.8. The average Bonchev–Trinajstić information content (AvgIpc) is 2.15. The van der Waals surface area contributed by atoms with Gasteiger partial charge < -0.3 is 4.85 Å². The molecule has 14 heavy (non-hydrogen) atoms. The van der Waals surface area contributed by atoms with Crippen molar-refractivity contribution in [3.63, 3.8) is 0 Å². The van der Waals surface area contributed by atoms with Gasteiger partial charge in [-0.15, -0.1) is 0 Å². The summed E-state index contributed by atoms with van der Waals surface area (Å²) in [5.74, 6) is 0. The third kappa shape index (κ3) is 2.25. The largest absolute Gasteiger partial charge is 0.416 e. The van der Waals surface area contributed by atoms with Crippen LogP contribution in [0, 0.1) is 6.57 Å². The summed E-state index contributed by atoms with van der Waals surface area (Å²) >= 11 is 0. The van der Waals surface area contributed by atoms with Gasteiger partial charge in [-0.05, 0) is 12.1 Å². The highest BCUT2D eigenvalue weighted by Crippen LogP contribution is 2.30. The van der Waals surface area contributed by atoms with E-state index >= 15 is 0 Å². The van der Waals surface area contributed by atoms with Gasteiger partial charge in [0.25, 0.3) is 0 Å². The Labute approximate surface area is 80.0 Å². The third-order valence-corrected chi connectivity index (χ3v) is 1.91. The van der Waals surface area contributed by atoms with Crippen LogP contribution in [0.1, 0.15) is 24.1 Å². The molecule has 1 rings (SSSR count). The fourth-order valence-corrected chi connectivity index (χ4v) is 1.03. The summed E-state index contributed by atoms with van der Waals surface area (Å²) in [6.07, 6.45) is -4.31. The molecule has 1 aromatic carbocycles. The van der Waals surface area contributed by atoms with E-state index in [0.717, 1.165) is 12.1 Å². The lowest BCUT2D eigenvalue weighted by molar-refractivity contribution is -0.137. The first kappa shape index (κ1) is 10.6. The number of rotatable bonds is 1. The molecular weight excluding hydrogens is 191 g/mol. The Balaban J connectivity index is 2.96. The highest BCUT2D eigenvalue weighted by Gasteiger charge is 2.30. The lowest BCUT2D eigenvalue weighted by Gasteiger charge is -2.06. The molecule has 0 fully saturated rings. The van der Waals surface area contributed by atoms with Crippen molar-refractivity contribution in [3.8, 4) is 0 Å². The van der Waals surface area contributed by atoms with Gasteiger partial charge in [-0.25, -0.2) is 6.57 Å². The van der Waals surface area contributed by atoms with Gasteiger partial charge in [0, 0.05) is 12.5 Å². The van der Waals surface area contributed by atoms with E-state index in [9.17, 15) is 13.2 Å². The van der Waals surface area contributed by atoms with Gasteiger partial charge in [0.05, 0.1) is 5.56 Å². The molecule has 1 aromatic rings. The maximum absolute atomic E-state index is 12.1. The smallest absolute Gasteiger partial charge is 0.309 e. The maximum atomic E-state index is 12.1. The molecule has 0 aliphatic heterocycles. The first-order chi connectivity index (χ1) is 6.45. The van der Waals surface area contributed by atoms with Crippen molar-refractivity contribution in [2.24, 2.45) is 0 Å². The Hall–Kier alpha value is -1.50. The van der Waals surface area contributed by atoms with Gasteiger partial charge in [-0.3, -0.25) is 0 Å². The van der Waals surface area contributed by atoms with Crippen molar-refractivity contribution in [1.29, 1.82) is 0 Å². The Morgan fingerprint density at radius 3 is 2.07 bits per heavy atom. The monoisotopic (exact) mass is 199 g/mol. The summed E-state index contributed by atoms with van der Waals surface area (Å²) in [5, 5.41) is 0. The molecule has 74 valence electrons. The number of hydrogen-bond acceptors (Lipinski definition) is 0. The van der Waals surface area contributed by atoms with Crippen LogP contribution in [-0.4, -0.2) is 0 Å². The first-order valence-electron chi connectivity index (χ1n) is 3.99. The first-order valence-corrected chi connectivity index (χ1v) is 3.99. The van der Waals surface area contributed by atoms with Crippen molar-refractivity contribution in [1.82, 2.24) is 0 Å². The van der Waals surface area contributed by atoms with E-state index in [-0.39, 0.29) is 0 Å². The van der Waals surface area contributed by atoms with Gasteiger partial charge in [-0.2, -0.15) is 13.2 Å². The topological polar surface area (TPSA) is 4.36 Å². The van der Waals surface area contributed by atoms with E-state index < -0.39 is 17.8 Å². The molecule has 0 saturated heterocycles. The molecule has 0 aromatic heterocycles. The SMILES string of the molecule is [C-]#[N+]C(C)c1ccc(C(F)(F)F)cc1. The molecule has 4 heteroatoms. The third-order valence-electron chi connectivity index (χ3n) is 1.91. The standard InChI is InChI=1S/C10H8F3N/c1-7(14-2)8-3-5-9(6-4-8)10(11,12)13/h3-7H,1H3. The fraction of sp³-hybridized carbons (Fsp3) is 0.300. The number of benzene rings is 1. The predicted octanol–water partition coefficient (Wildman–Crippen LogP) is 3.69. The molecule has 0 heterocycles. The van der Waals surface area contributed by atoms with Crippen LogP contribution in [0.25, 0.3) is 4.85 Å². The molecule has 0 aliphatic rings. The van der Waals surface area contributed by atoms with Crippen LogP contribution in [-0.2, 0) is 6.18 Å². The summed E-state index contributed by atoms with van der Waals surface area (Å²) in [4.78, 5) is 3.22. The van der Waals surface area contributed by atoms with Crippen LogP contribution in [0.15, 0.2) is 24.3 Å². The molecule has 1 unspecified atom stereocenters. The highest BCUT2D eigenvalue weighted by atomic mass is 19.4. The summed E-state index contributed by atoms with van der Waals surface area (Å²) in [6, 6.07) is 4.28. The summed E-state index contributed by atoms with van der Waals surface area (Å²) in [7, 11) is 0. The average molecular weight is 199 g/mol. The summed E-state index contributed by atoms with van der Waals surface area (Å²) in [6.45, 7) is 8.37. The van der Waals surface area contributed by atoms with Crippen molar-refractivity contribution in [3.05, 3.63) is 46.8 Å². The second-order valence-electron chi connectivity index (χ2n) is 2.92. The van der Waals surface area contributed by atoms with Gasteiger partial charge in [-0.1, -0.05) is 12.1 Å². The zero-order valence-corrected chi connectivity index (χ0v) is 7.47. The second-order valence-corrected chi connectivity index (χ2v) is 2.92. The Bertz CT molecular complexity index is 345. The molecule has 0 amide bonds. The maximum Gasteiger partial charge on any atom is 0.416 e. The van der Waals surface area contributed by atoms with Crippen LogP contribution in [0.5, 0.6) is 0 Å². The highest BCUT2D eigenvalue weighted by molar-refractivity contribution is 5.27. The molecule has 0 radical (unpaired) electrons. The van der Waals surface area contributed by atoms with Crippen molar-refractivity contribution in [2.75, 3.05) is 0 Å². The number of hydrogen-bond donors (Lipinski definition) is 0. The lowest BCUT2D eigenvalue weighted by atomic mass is 10.1. The van der Waals surface area contributed by atoms with Crippen molar-refractivity contribution < 1.29 is 13.2 Å². The van der Waals surface area contributed by atoms with E-state index in [1.165, 1.54) is 12.1 Å². The van der Waals surface area contributed by atoms with E-state index in [1.807, 2.05) is 0 Å². The Morgan fingerprint density at radius 2 is 1.71 bits per heavy atom. The molecule has 1 nitrogen and oxygen atoms in total. The van der Waals surface area contributed by atoms with Crippen LogP contribution >= 0.6 is 0 Å². The van der Waals surface area contributed by atoms with E-state index in [4.69, 9.17) is 6.57 Å². The Kier molecular flexibility index (Phi) is 2.80. The van der Waals surface area contributed by atoms with Gasteiger partial charge >= 0.3 is 6.18 Å². The zero-order valence-electron chi connectivity index (χ0n) is 7.47. The van der Waals surface area contributed by atoms with E-state index in [1.54, 1.807) is 6.92 Å². The molecule has 0 bridgehead atoms. The van der Waals surface area contributed by atoms with Gasteiger partial charge in [0.2, 0.25) is 6.04 Å². The molecular formula is C10H8F3N. The van der Waals surface area contributed by atoms with Crippen molar-refractivity contribution >= 4 is 0 Å². The lowest BCUT2D eigenvalue weighted by Crippen LogP contribution is -2.04. The minimum Gasteiger partial charge on any atom is -0.309 e. The molecule has 0 saturated carbocycles. The normalized spacial score (nSPS) is 13.4. The quantitative estimate of drug-likeness (QED) is 0.607. The Morgan fingerprint density at radius 1 is 1.21 bits per heavy atom. The van der Waals surface area contributed by atoms with Crippen molar-refractivity contribution in [2.45, 2.75) is 19.1 Å². The summed E-state index contributed by atoms with van der Waals surface area (Å²) < 4.78 is 36.4. The number of alkyl halides is 3. The van der Waals surface area contributed by atoms with Gasteiger partial charge in [0.1, 0.15) is 0 Å². The second kappa shape index (κ2) is 3.70. The van der Waals surface area contributed by atoms with E-state index in [2.05, 4.69) is 4.85 Å². The number of halogens is 3. The van der Waals surface area contributed by atoms with Crippen LogP contribution in [0.2, 0.25) is 0 Å². The van der Waals surface area contributed by atoms with Crippen LogP contribution in [0.4, 0.5) is 13.2 Å². The minimum atomic E-state index is -4.31. The minimum absolute atomic E-state index is 0.391. The van der Waals surface area contributed by atoms with E-state index in [0.29, 0.717) is 5.56 Å². The van der Waals surface area contributed by atoms with Gasteiger partial charge in [0.15, 0.2) is 0 Å². The predicted molar refractivity (Wildman–Crippen MR) is 46.5 cm³/mol. The fourth-order valence-electron chi connectivity index (χ4n) is 1.03. The van der Waals surface area contributed by atoms with Crippen LogP contribution < -0.4 is 0 Å². The molecule has 1 atom stereocenters.